The van der Waals surface area contributed by atoms with Crippen molar-refractivity contribution in [2.45, 2.75) is 61.7 Å². The highest BCUT2D eigenvalue weighted by Crippen LogP contribution is 2.85. The fourth-order valence-corrected chi connectivity index (χ4v) is 11.8. The van der Waals surface area contributed by atoms with Crippen LogP contribution in [0.4, 0.5) is 0 Å². The summed E-state index contributed by atoms with van der Waals surface area (Å²) in [6.45, 7) is 6.28. The van der Waals surface area contributed by atoms with Crippen LogP contribution in [0.1, 0.15) is 62.1 Å². The summed E-state index contributed by atoms with van der Waals surface area (Å²) in [4.78, 5) is 0. The van der Waals surface area contributed by atoms with Crippen molar-refractivity contribution >= 4 is 0 Å². The number of benzene rings is 3. The number of hydrogen-bond acceptors (Lipinski definition) is 0. The molecule has 0 nitrogen and oxygen atoms in total. The maximum Gasteiger partial charge on any atom is 0.00245 e. The monoisotopic (exact) mass is 508 g/mol. The van der Waals surface area contributed by atoms with Gasteiger partial charge in [-0.2, -0.15) is 0 Å². The Morgan fingerprint density at radius 3 is 1.59 bits per heavy atom. The SMILES string of the molecule is C=C/C=C\C(=C/C)C12CC3C4CC5(c6ccccc6)CC(C(C1)C3(c1ccccc1)C5)C4(c1ccccc1)C2. The molecule has 3 aromatic carbocycles. The van der Waals surface area contributed by atoms with Crippen LogP contribution in [0, 0.1) is 29.1 Å². The van der Waals surface area contributed by atoms with E-state index in [1.165, 1.54) is 38.5 Å². The molecule has 39 heavy (non-hydrogen) atoms. The molecule has 0 heterocycles. The zero-order valence-corrected chi connectivity index (χ0v) is 23.2. The highest BCUT2D eigenvalue weighted by atomic mass is 14.8. The van der Waals surface area contributed by atoms with Gasteiger partial charge >= 0.3 is 0 Å². The Bertz CT molecular complexity index is 1430. The third-order valence-electron chi connectivity index (χ3n) is 12.7. The van der Waals surface area contributed by atoms with Gasteiger partial charge in [0, 0.05) is 10.8 Å². The predicted molar refractivity (Wildman–Crippen MR) is 162 cm³/mol. The number of allylic oxidation sites excluding steroid dienone is 5. The molecule has 8 bridgehead atoms. The minimum Gasteiger partial charge on any atom is -0.0991 e. The molecule has 7 aliphatic carbocycles. The van der Waals surface area contributed by atoms with Gasteiger partial charge in [0.2, 0.25) is 0 Å². The predicted octanol–water partition coefficient (Wildman–Crippen LogP) is 9.35. The summed E-state index contributed by atoms with van der Waals surface area (Å²) >= 11 is 0. The van der Waals surface area contributed by atoms with Crippen molar-refractivity contribution in [2.75, 3.05) is 0 Å². The summed E-state index contributed by atoms with van der Waals surface area (Å²) < 4.78 is 0. The molecule has 4 atom stereocenters. The maximum absolute atomic E-state index is 4.01. The van der Waals surface area contributed by atoms with E-state index >= 15 is 0 Å². The fourth-order valence-electron chi connectivity index (χ4n) is 11.8. The average molecular weight is 509 g/mol. The van der Waals surface area contributed by atoms with Gasteiger partial charge in [0.1, 0.15) is 0 Å². The normalized spacial score (nSPS) is 41.4. The summed E-state index contributed by atoms with van der Waals surface area (Å²) in [5.41, 5.74) is 7.52. The zero-order valence-electron chi connectivity index (χ0n) is 23.2. The summed E-state index contributed by atoms with van der Waals surface area (Å²) in [7, 11) is 0. The Morgan fingerprint density at radius 2 is 1.10 bits per heavy atom. The molecule has 0 heteroatoms. The van der Waals surface area contributed by atoms with Crippen LogP contribution in [0.2, 0.25) is 0 Å². The molecule has 0 amide bonds. The van der Waals surface area contributed by atoms with Gasteiger partial charge in [-0.3, -0.25) is 0 Å². The van der Waals surface area contributed by atoms with E-state index in [2.05, 4.69) is 123 Å². The lowest BCUT2D eigenvalue weighted by Gasteiger charge is -2.83. The van der Waals surface area contributed by atoms with E-state index < -0.39 is 0 Å². The van der Waals surface area contributed by atoms with E-state index in [1.807, 2.05) is 6.08 Å². The first-order valence-corrected chi connectivity index (χ1v) is 15.2. The van der Waals surface area contributed by atoms with E-state index in [4.69, 9.17) is 0 Å². The standard InChI is InChI=1S/C39H40/c1-3-5-15-28(4-2)36-22-32-34-24-37(29-16-9-6-10-17-29)25-35(38(34,26-36)30-18-11-7-12-19-30)33(23-36)39(32,27-37)31-20-13-8-14-21-31/h3-21,32-35H,1,22-27H2,2H3/b15-5-,28-4+. The molecule has 10 rings (SSSR count). The molecular weight excluding hydrogens is 468 g/mol. The number of rotatable bonds is 6. The van der Waals surface area contributed by atoms with E-state index in [0.717, 1.165) is 11.8 Å². The van der Waals surface area contributed by atoms with Gasteiger partial charge in [-0.15, -0.1) is 0 Å². The highest BCUT2D eigenvalue weighted by molar-refractivity contribution is 5.51. The second-order valence-corrected chi connectivity index (χ2v) is 13.7. The van der Waals surface area contributed by atoms with E-state index in [0.29, 0.717) is 17.3 Å². The first kappa shape index (κ1) is 23.7. The molecule has 7 saturated carbocycles. The van der Waals surface area contributed by atoms with Gasteiger partial charge < -0.3 is 0 Å². The van der Waals surface area contributed by atoms with Crippen LogP contribution < -0.4 is 0 Å². The molecule has 0 N–H and O–H groups in total. The molecule has 3 aromatic rings. The zero-order chi connectivity index (χ0) is 26.3. The van der Waals surface area contributed by atoms with Crippen molar-refractivity contribution < 1.29 is 0 Å². The second-order valence-electron chi connectivity index (χ2n) is 13.7. The lowest BCUT2D eigenvalue weighted by Crippen LogP contribution is -2.79. The summed E-state index contributed by atoms with van der Waals surface area (Å²) in [5.74, 6) is 2.87. The fraction of sp³-hybridized carbons (Fsp3) is 0.385. The minimum atomic E-state index is 0.259. The van der Waals surface area contributed by atoms with Gasteiger partial charge in [0.05, 0.1) is 0 Å². The quantitative estimate of drug-likeness (QED) is 0.291. The molecule has 0 aromatic heterocycles. The number of hydrogen-bond donors (Lipinski definition) is 0. The molecule has 7 aliphatic rings. The Hall–Kier alpha value is -3.12. The van der Waals surface area contributed by atoms with E-state index in [-0.39, 0.29) is 16.2 Å². The second kappa shape index (κ2) is 8.20. The Morgan fingerprint density at radius 1 is 0.641 bits per heavy atom. The first-order chi connectivity index (χ1) is 19.1. The minimum absolute atomic E-state index is 0.259. The van der Waals surface area contributed by atoms with Crippen LogP contribution in [0.15, 0.2) is 127 Å². The van der Waals surface area contributed by atoms with E-state index in [1.54, 1.807) is 22.3 Å². The maximum atomic E-state index is 4.01. The average Bonchev–Trinajstić information content (AvgIpc) is 3.01. The molecule has 0 radical (unpaired) electrons. The van der Waals surface area contributed by atoms with Crippen LogP contribution >= 0.6 is 0 Å². The van der Waals surface area contributed by atoms with Gasteiger partial charge in [-0.05, 0) is 102 Å². The largest absolute Gasteiger partial charge is 0.0991 e. The van der Waals surface area contributed by atoms with E-state index in [9.17, 15) is 0 Å². The van der Waals surface area contributed by atoms with Crippen LogP contribution in [0.25, 0.3) is 0 Å². The van der Waals surface area contributed by atoms with Crippen LogP contribution in [0.5, 0.6) is 0 Å². The van der Waals surface area contributed by atoms with Crippen LogP contribution in [-0.4, -0.2) is 0 Å². The van der Waals surface area contributed by atoms with Gasteiger partial charge in [0.15, 0.2) is 0 Å². The van der Waals surface area contributed by atoms with Crippen molar-refractivity contribution in [1.29, 1.82) is 0 Å². The molecule has 0 aliphatic heterocycles. The highest BCUT2D eigenvalue weighted by Gasteiger charge is 2.80. The van der Waals surface area contributed by atoms with Crippen molar-refractivity contribution in [1.82, 2.24) is 0 Å². The van der Waals surface area contributed by atoms with Crippen molar-refractivity contribution in [3.05, 3.63) is 144 Å². The molecule has 0 saturated heterocycles. The summed E-state index contributed by atoms with van der Waals surface area (Å²) in [6.07, 6.45) is 17.0. The Kier molecular flexibility index (Phi) is 4.99. The van der Waals surface area contributed by atoms with Crippen molar-refractivity contribution in [3.63, 3.8) is 0 Å². The summed E-state index contributed by atoms with van der Waals surface area (Å²) in [6, 6.07) is 35.4. The third kappa shape index (κ3) is 2.86. The van der Waals surface area contributed by atoms with Crippen LogP contribution in [-0.2, 0) is 16.2 Å². The topological polar surface area (TPSA) is 0 Å². The lowest BCUT2D eigenvalue weighted by atomic mass is 9.20. The lowest BCUT2D eigenvalue weighted by molar-refractivity contribution is -0.262. The van der Waals surface area contributed by atoms with Crippen molar-refractivity contribution in [2.24, 2.45) is 29.1 Å². The Labute approximate surface area is 234 Å². The molecule has 0 spiro atoms. The smallest absolute Gasteiger partial charge is 0.00245 e. The van der Waals surface area contributed by atoms with Crippen molar-refractivity contribution in [3.8, 4) is 0 Å². The molecule has 196 valence electrons. The summed E-state index contributed by atoms with van der Waals surface area (Å²) in [5, 5.41) is 0. The Balaban J connectivity index is 1.40. The molecule has 7 fully saturated rings. The van der Waals surface area contributed by atoms with Gasteiger partial charge in [0.25, 0.3) is 0 Å². The molecule has 4 unspecified atom stereocenters. The first-order valence-electron chi connectivity index (χ1n) is 15.2. The third-order valence-corrected chi connectivity index (χ3v) is 12.7. The van der Waals surface area contributed by atoms with Gasteiger partial charge in [-0.1, -0.05) is 122 Å². The molecular formula is C39H40. The van der Waals surface area contributed by atoms with Crippen LogP contribution in [0.3, 0.4) is 0 Å². The van der Waals surface area contributed by atoms with Gasteiger partial charge in [-0.25, -0.2) is 0 Å².